The van der Waals surface area contributed by atoms with Crippen LogP contribution in [0.5, 0.6) is 0 Å². The predicted molar refractivity (Wildman–Crippen MR) is 68.4 cm³/mol. The molecule has 0 aromatic rings. The van der Waals surface area contributed by atoms with Gasteiger partial charge < -0.3 is 15.7 Å². The van der Waals surface area contributed by atoms with Crippen LogP contribution in [0.4, 0.5) is 0 Å². The zero-order chi connectivity index (χ0) is 13.0. The van der Waals surface area contributed by atoms with Crippen molar-refractivity contribution in [3.63, 3.8) is 0 Å². The Balaban J connectivity index is 2.49. The van der Waals surface area contributed by atoms with E-state index in [1.54, 1.807) is 18.9 Å². The standard InChI is InChI=1S/C13H26N2O2/c1-9-4-5-12(14)11(8-9)13(17)15(3)7-6-10(2)16/h9-12,16H,4-8,14H2,1-3H3. The lowest BCUT2D eigenvalue weighted by Gasteiger charge is -2.34. The summed E-state index contributed by atoms with van der Waals surface area (Å²) in [5, 5.41) is 9.22. The van der Waals surface area contributed by atoms with Gasteiger partial charge in [-0.1, -0.05) is 6.92 Å². The van der Waals surface area contributed by atoms with Gasteiger partial charge in [-0.25, -0.2) is 0 Å². The van der Waals surface area contributed by atoms with Crippen LogP contribution in [0.2, 0.25) is 0 Å². The normalized spacial score (nSPS) is 31.0. The maximum atomic E-state index is 12.2. The van der Waals surface area contributed by atoms with E-state index in [2.05, 4.69) is 6.92 Å². The van der Waals surface area contributed by atoms with E-state index in [1.165, 1.54) is 0 Å². The predicted octanol–water partition coefficient (Wildman–Crippen LogP) is 0.979. The van der Waals surface area contributed by atoms with Gasteiger partial charge in [0, 0.05) is 19.6 Å². The van der Waals surface area contributed by atoms with E-state index in [9.17, 15) is 9.90 Å². The molecule has 0 spiro atoms. The van der Waals surface area contributed by atoms with Gasteiger partial charge in [0.2, 0.25) is 5.91 Å². The molecule has 0 heterocycles. The second-order valence-electron chi connectivity index (χ2n) is 5.59. The average Bonchev–Trinajstić information content (AvgIpc) is 2.28. The number of aliphatic hydroxyl groups excluding tert-OH is 1. The van der Waals surface area contributed by atoms with E-state index < -0.39 is 0 Å². The first kappa shape index (κ1) is 14.5. The van der Waals surface area contributed by atoms with Gasteiger partial charge in [0.05, 0.1) is 12.0 Å². The van der Waals surface area contributed by atoms with Crippen molar-refractivity contribution >= 4 is 5.91 Å². The maximum Gasteiger partial charge on any atom is 0.226 e. The van der Waals surface area contributed by atoms with Crippen LogP contribution < -0.4 is 5.73 Å². The molecule has 0 aromatic heterocycles. The Bertz CT molecular complexity index is 256. The minimum Gasteiger partial charge on any atom is -0.393 e. The molecule has 3 N–H and O–H groups in total. The Morgan fingerprint density at radius 3 is 2.76 bits per heavy atom. The molecule has 0 aliphatic heterocycles. The van der Waals surface area contributed by atoms with Gasteiger partial charge in [-0.05, 0) is 38.5 Å². The van der Waals surface area contributed by atoms with Gasteiger partial charge in [0.25, 0.3) is 0 Å². The van der Waals surface area contributed by atoms with E-state index >= 15 is 0 Å². The van der Waals surface area contributed by atoms with E-state index in [1.807, 2.05) is 0 Å². The molecule has 1 aliphatic rings. The Kier molecular flexibility index (Phi) is 5.40. The number of aliphatic hydroxyl groups is 1. The number of carbonyl (C=O) groups is 1. The number of carbonyl (C=O) groups excluding carboxylic acids is 1. The molecule has 17 heavy (non-hydrogen) atoms. The van der Waals surface area contributed by atoms with E-state index in [-0.39, 0.29) is 24.0 Å². The lowest BCUT2D eigenvalue weighted by molar-refractivity contribution is -0.136. The number of nitrogens with zero attached hydrogens (tertiary/aromatic N) is 1. The SMILES string of the molecule is CC(O)CCN(C)C(=O)C1CC(C)CCC1N. The van der Waals surface area contributed by atoms with E-state index in [0.717, 1.165) is 19.3 Å². The van der Waals surface area contributed by atoms with Crippen molar-refractivity contribution in [3.05, 3.63) is 0 Å². The Labute approximate surface area is 104 Å². The smallest absolute Gasteiger partial charge is 0.226 e. The molecule has 1 rings (SSSR count). The first-order chi connectivity index (χ1) is 7.91. The average molecular weight is 242 g/mol. The van der Waals surface area contributed by atoms with E-state index in [4.69, 9.17) is 5.73 Å². The van der Waals surface area contributed by atoms with Crippen LogP contribution in [0.15, 0.2) is 0 Å². The van der Waals surface area contributed by atoms with Gasteiger partial charge in [-0.15, -0.1) is 0 Å². The zero-order valence-electron chi connectivity index (χ0n) is 11.2. The highest BCUT2D eigenvalue weighted by atomic mass is 16.3. The zero-order valence-corrected chi connectivity index (χ0v) is 11.2. The summed E-state index contributed by atoms with van der Waals surface area (Å²) in [7, 11) is 1.80. The summed E-state index contributed by atoms with van der Waals surface area (Å²) < 4.78 is 0. The lowest BCUT2D eigenvalue weighted by atomic mass is 9.78. The van der Waals surface area contributed by atoms with Crippen LogP contribution in [0.1, 0.15) is 39.5 Å². The Morgan fingerprint density at radius 2 is 2.18 bits per heavy atom. The highest BCUT2D eigenvalue weighted by molar-refractivity contribution is 5.79. The van der Waals surface area contributed by atoms with Crippen molar-refractivity contribution < 1.29 is 9.90 Å². The quantitative estimate of drug-likeness (QED) is 0.772. The molecule has 1 aliphatic carbocycles. The third kappa shape index (κ3) is 4.28. The van der Waals surface area contributed by atoms with Crippen LogP contribution in [-0.4, -0.2) is 41.7 Å². The lowest BCUT2D eigenvalue weighted by Crippen LogP contribution is -2.46. The van der Waals surface area contributed by atoms with Gasteiger partial charge in [0.15, 0.2) is 0 Å². The van der Waals surface area contributed by atoms with Gasteiger partial charge >= 0.3 is 0 Å². The minimum atomic E-state index is -0.357. The second kappa shape index (κ2) is 6.36. The molecule has 4 atom stereocenters. The number of hydrogen-bond acceptors (Lipinski definition) is 3. The molecule has 4 heteroatoms. The molecule has 1 amide bonds. The minimum absolute atomic E-state index is 0.00713. The van der Waals surface area contributed by atoms with Crippen molar-refractivity contribution in [2.75, 3.05) is 13.6 Å². The fourth-order valence-electron chi connectivity index (χ4n) is 2.46. The van der Waals surface area contributed by atoms with Crippen LogP contribution >= 0.6 is 0 Å². The second-order valence-corrected chi connectivity index (χ2v) is 5.59. The Hall–Kier alpha value is -0.610. The fourth-order valence-corrected chi connectivity index (χ4v) is 2.46. The summed E-state index contributed by atoms with van der Waals surface area (Å²) in [6.07, 6.45) is 3.24. The molecular weight excluding hydrogens is 216 g/mol. The molecule has 4 nitrogen and oxygen atoms in total. The summed E-state index contributed by atoms with van der Waals surface area (Å²) in [5.41, 5.74) is 6.04. The highest BCUT2D eigenvalue weighted by Crippen LogP contribution is 2.29. The summed E-state index contributed by atoms with van der Waals surface area (Å²) >= 11 is 0. The molecule has 1 saturated carbocycles. The molecule has 1 fully saturated rings. The van der Waals surface area contributed by atoms with Crippen LogP contribution in [-0.2, 0) is 4.79 Å². The number of amides is 1. The van der Waals surface area contributed by atoms with Crippen LogP contribution in [0.3, 0.4) is 0 Å². The number of rotatable bonds is 4. The fraction of sp³-hybridized carbons (Fsp3) is 0.923. The van der Waals surface area contributed by atoms with Gasteiger partial charge in [-0.3, -0.25) is 4.79 Å². The molecule has 0 bridgehead atoms. The molecular formula is C13H26N2O2. The highest BCUT2D eigenvalue weighted by Gasteiger charge is 2.33. The van der Waals surface area contributed by atoms with Crippen molar-refractivity contribution in [1.82, 2.24) is 4.90 Å². The van der Waals surface area contributed by atoms with Crippen molar-refractivity contribution in [2.45, 2.75) is 51.7 Å². The molecule has 0 aromatic carbocycles. The van der Waals surface area contributed by atoms with Crippen molar-refractivity contribution in [3.8, 4) is 0 Å². The van der Waals surface area contributed by atoms with Crippen LogP contribution in [0.25, 0.3) is 0 Å². The summed E-state index contributed by atoms with van der Waals surface area (Å²) in [6.45, 7) is 4.53. The molecule has 0 saturated heterocycles. The molecule has 100 valence electrons. The topological polar surface area (TPSA) is 66.6 Å². The number of nitrogens with two attached hydrogens (primary N) is 1. The third-order valence-electron chi connectivity index (χ3n) is 3.74. The summed E-state index contributed by atoms with van der Waals surface area (Å²) in [4.78, 5) is 13.9. The first-order valence-corrected chi connectivity index (χ1v) is 6.60. The Morgan fingerprint density at radius 1 is 1.53 bits per heavy atom. The van der Waals surface area contributed by atoms with Gasteiger partial charge in [0.1, 0.15) is 0 Å². The van der Waals surface area contributed by atoms with Crippen molar-refractivity contribution in [2.24, 2.45) is 17.6 Å². The largest absolute Gasteiger partial charge is 0.393 e. The number of hydrogen-bond donors (Lipinski definition) is 2. The van der Waals surface area contributed by atoms with Gasteiger partial charge in [-0.2, -0.15) is 0 Å². The maximum absolute atomic E-state index is 12.2. The molecule has 0 radical (unpaired) electrons. The summed E-state index contributed by atoms with van der Waals surface area (Å²) in [6, 6.07) is 0.00713. The first-order valence-electron chi connectivity index (χ1n) is 6.60. The van der Waals surface area contributed by atoms with E-state index in [0.29, 0.717) is 18.9 Å². The summed E-state index contributed by atoms with van der Waals surface area (Å²) in [5.74, 6) is 0.705. The monoisotopic (exact) mass is 242 g/mol. The third-order valence-corrected chi connectivity index (χ3v) is 3.74. The van der Waals surface area contributed by atoms with Crippen molar-refractivity contribution in [1.29, 1.82) is 0 Å². The molecule has 4 unspecified atom stereocenters. The van der Waals surface area contributed by atoms with Crippen LogP contribution in [0, 0.1) is 11.8 Å².